The number of methoxy groups -OCH3 is 1. The van der Waals surface area contributed by atoms with Crippen molar-refractivity contribution in [1.82, 2.24) is 15.1 Å². The van der Waals surface area contributed by atoms with Crippen molar-refractivity contribution in [1.29, 1.82) is 0 Å². The van der Waals surface area contributed by atoms with Crippen LogP contribution < -0.4 is 16.0 Å². The summed E-state index contributed by atoms with van der Waals surface area (Å²) in [5.41, 5.74) is 9.99. The van der Waals surface area contributed by atoms with Crippen molar-refractivity contribution in [2.45, 2.75) is 6.10 Å². The zero-order valence-corrected chi connectivity index (χ0v) is 22.3. The van der Waals surface area contributed by atoms with Crippen LogP contribution in [-0.4, -0.2) is 74.6 Å². The van der Waals surface area contributed by atoms with Gasteiger partial charge in [0.15, 0.2) is 0 Å². The standard InChI is InChI=1S/C29H31F3N6O2/c1-37-9-11-38(12-10-37)24-6-4-21(29(33)39)26(34-8-7-30)25(24)27-22-15-17(3-5-23(22)35-36-27)28(40-2)18-13-19(31)16-20(32)14-18/h3-6,13-16,28,34H,7-12H2,1-2H3,(H2,33,39)(H,35,36). The molecule has 4 aromatic rings. The smallest absolute Gasteiger partial charge is 0.250 e. The molecule has 0 bridgehead atoms. The molecule has 2 heterocycles. The molecule has 1 unspecified atom stereocenters. The number of likely N-dealkylation sites (N-methyl/N-ethyl adjacent to an activating group) is 1. The molecule has 1 fully saturated rings. The van der Waals surface area contributed by atoms with Gasteiger partial charge >= 0.3 is 0 Å². The fraction of sp³-hybridized carbons (Fsp3) is 0.310. The lowest BCUT2D eigenvalue weighted by molar-refractivity contribution is 0.100. The van der Waals surface area contributed by atoms with Gasteiger partial charge in [-0.05, 0) is 54.6 Å². The Kier molecular flexibility index (Phi) is 7.95. The highest BCUT2D eigenvalue weighted by Gasteiger charge is 2.27. The minimum absolute atomic E-state index is 0.0238. The number of nitrogens with two attached hydrogens (primary N) is 1. The van der Waals surface area contributed by atoms with Crippen molar-refractivity contribution in [3.05, 3.63) is 76.9 Å². The Morgan fingerprint density at radius 2 is 1.80 bits per heavy atom. The number of primary amides is 1. The summed E-state index contributed by atoms with van der Waals surface area (Å²) >= 11 is 0. The van der Waals surface area contributed by atoms with Gasteiger partial charge in [0.05, 0.1) is 22.3 Å². The van der Waals surface area contributed by atoms with Crippen molar-refractivity contribution in [3.63, 3.8) is 0 Å². The molecule has 0 radical (unpaired) electrons. The minimum atomic E-state index is -0.754. The topological polar surface area (TPSA) is 99.5 Å². The summed E-state index contributed by atoms with van der Waals surface area (Å²) in [7, 11) is 3.52. The van der Waals surface area contributed by atoms with Gasteiger partial charge in [0.2, 0.25) is 0 Å². The highest BCUT2D eigenvalue weighted by Crippen LogP contribution is 2.43. The van der Waals surface area contributed by atoms with Crippen LogP contribution in [0.1, 0.15) is 27.6 Å². The summed E-state index contributed by atoms with van der Waals surface area (Å²) in [5.74, 6) is -2.06. The number of alkyl halides is 1. The van der Waals surface area contributed by atoms with Gasteiger partial charge in [-0.2, -0.15) is 5.10 Å². The zero-order chi connectivity index (χ0) is 28.4. The predicted octanol–water partition coefficient (Wildman–Crippen LogP) is 4.48. The SMILES string of the molecule is COC(c1cc(F)cc(F)c1)c1ccc2[nH]nc(-c3c(N4CCN(C)CC4)ccc(C(N)=O)c3NCCF)c2c1. The number of halogens is 3. The van der Waals surface area contributed by atoms with E-state index in [0.29, 0.717) is 39.0 Å². The number of aromatic nitrogens is 2. The minimum Gasteiger partial charge on any atom is -0.381 e. The first-order valence-corrected chi connectivity index (χ1v) is 13.0. The quantitative estimate of drug-likeness (QED) is 0.283. The van der Waals surface area contributed by atoms with Gasteiger partial charge in [0.1, 0.15) is 30.1 Å². The van der Waals surface area contributed by atoms with E-state index in [2.05, 4.69) is 32.4 Å². The Balaban J connectivity index is 1.71. The van der Waals surface area contributed by atoms with Gasteiger partial charge in [-0.25, -0.2) is 13.2 Å². The first-order valence-electron chi connectivity index (χ1n) is 13.0. The van der Waals surface area contributed by atoms with Crippen LogP contribution in [0.4, 0.5) is 24.5 Å². The maximum absolute atomic E-state index is 14.0. The molecule has 1 aliphatic heterocycles. The molecule has 4 N–H and O–H groups in total. The molecular weight excluding hydrogens is 521 g/mol. The number of fused-ring (bicyclic) bond motifs is 1. The fourth-order valence-corrected chi connectivity index (χ4v) is 5.28. The number of carbonyl (C=O) groups is 1. The van der Waals surface area contributed by atoms with E-state index in [9.17, 15) is 18.0 Å². The number of piperazine rings is 1. The summed E-state index contributed by atoms with van der Waals surface area (Å²) < 4.78 is 47.1. The molecule has 8 nitrogen and oxygen atoms in total. The lowest BCUT2D eigenvalue weighted by Crippen LogP contribution is -2.44. The molecule has 0 aliphatic carbocycles. The van der Waals surface area contributed by atoms with Gasteiger partial charge in [-0.1, -0.05) is 6.07 Å². The number of hydrogen-bond donors (Lipinski definition) is 3. The second-order valence-electron chi connectivity index (χ2n) is 9.85. The normalized spacial score (nSPS) is 15.0. The number of amides is 1. The number of rotatable bonds is 9. The highest BCUT2D eigenvalue weighted by molar-refractivity contribution is 6.08. The Hall–Kier alpha value is -4.09. The zero-order valence-electron chi connectivity index (χ0n) is 22.3. The first-order chi connectivity index (χ1) is 19.3. The van der Waals surface area contributed by atoms with E-state index < -0.39 is 30.3 Å². The van der Waals surface area contributed by atoms with Crippen molar-refractivity contribution in [3.8, 4) is 11.3 Å². The fourth-order valence-electron chi connectivity index (χ4n) is 5.28. The maximum Gasteiger partial charge on any atom is 0.250 e. The number of nitrogens with one attached hydrogen (secondary N) is 2. The molecule has 5 rings (SSSR count). The third-order valence-electron chi connectivity index (χ3n) is 7.24. The summed E-state index contributed by atoms with van der Waals surface area (Å²) in [6.45, 7) is 2.50. The second kappa shape index (κ2) is 11.6. The molecule has 1 atom stereocenters. The molecule has 0 spiro atoms. The van der Waals surface area contributed by atoms with E-state index >= 15 is 0 Å². The number of anilines is 2. The Morgan fingerprint density at radius 1 is 1.07 bits per heavy atom. The summed E-state index contributed by atoms with van der Waals surface area (Å²) in [4.78, 5) is 16.9. The van der Waals surface area contributed by atoms with Gasteiger partial charge in [-0.3, -0.25) is 9.89 Å². The van der Waals surface area contributed by atoms with Crippen LogP contribution in [0.25, 0.3) is 22.2 Å². The lowest BCUT2D eigenvalue weighted by Gasteiger charge is -2.35. The van der Waals surface area contributed by atoms with Crippen LogP contribution in [0.15, 0.2) is 48.5 Å². The lowest BCUT2D eigenvalue weighted by atomic mass is 9.95. The average Bonchev–Trinajstić information content (AvgIpc) is 3.34. The third kappa shape index (κ3) is 5.34. The number of H-pyrrole nitrogens is 1. The molecule has 1 amide bonds. The van der Waals surface area contributed by atoms with Crippen LogP contribution in [0.5, 0.6) is 0 Å². The van der Waals surface area contributed by atoms with Gasteiger partial charge in [-0.15, -0.1) is 0 Å². The number of ether oxygens (including phenoxy) is 1. The first kappa shape index (κ1) is 27.5. The van der Waals surface area contributed by atoms with Crippen LogP contribution in [0, 0.1) is 11.6 Å². The Labute approximate surface area is 229 Å². The van der Waals surface area contributed by atoms with Crippen molar-refractivity contribution < 1.29 is 22.7 Å². The molecule has 1 saturated heterocycles. The van der Waals surface area contributed by atoms with Crippen LogP contribution in [0.2, 0.25) is 0 Å². The van der Waals surface area contributed by atoms with Crippen molar-refractivity contribution in [2.24, 2.45) is 5.73 Å². The Bertz CT molecular complexity index is 1510. The molecule has 40 heavy (non-hydrogen) atoms. The summed E-state index contributed by atoms with van der Waals surface area (Å²) in [6, 6.07) is 12.2. The van der Waals surface area contributed by atoms with Crippen LogP contribution in [0.3, 0.4) is 0 Å². The molecule has 3 aromatic carbocycles. The molecule has 210 valence electrons. The van der Waals surface area contributed by atoms with Crippen LogP contribution in [-0.2, 0) is 4.74 Å². The van der Waals surface area contributed by atoms with Gasteiger partial charge in [0.25, 0.3) is 5.91 Å². The molecule has 1 aliphatic rings. The average molecular weight is 553 g/mol. The highest BCUT2D eigenvalue weighted by atomic mass is 19.1. The number of carbonyl (C=O) groups excluding carboxylic acids is 1. The number of hydrogen-bond acceptors (Lipinski definition) is 6. The number of benzene rings is 3. The number of aromatic amines is 1. The summed E-state index contributed by atoms with van der Waals surface area (Å²) in [5, 5.41) is 11.4. The monoisotopic (exact) mass is 552 g/mol. The van der Waals surface area contributed by atoms with Crippen molar-refractivity contribution in [2.75, 3.05) is 63.8 Å². The van der Waals surface area contributed by atoms with E-state index in [4.69, 9.17) is 10.5 Å². The molecule has 11 heteroatoms. The van der Waals surface area contributed by atoms with E-state index in [-0.39, 0.29) is 12.1 Å². The van der Waals surface area contributed by atoms with E-state index in [0.717, 1.165) is 37.9 Å². The van der Waals surface area contributed by atoms with E-state index in [1.807, 2.05) is 18.2 Å². The predicted molar refractivity (Wildman–Crippen MR) is 149 cm³/mol. The maximum atomic E-state index is 14.0. The van der Waals surface area contributed by atoms with Crippen molar-refractivity contribution >= 4 is 28.2 Å². The second-order valence-corrected chi connectivity index (χ2v) is 9.85. The number of nitrogens with zero attached hydrogens (tertiary/aromatic N) is 3. The van der Waals surface area contributed by atoms with E-state index in [1.165, 1.54) is 19.2 Å². The largest absolute Gasteiger partial charge is 0.381 e. The molecule has 0 saturated carbocycles. The van der Waals surface area contributed by atoms with Crippen LogP contribution >= 0.6 is 0 Å². The van der Waals surface area contributed by atoms with Gasteiger partial charge in [0, 0.05) is 57.0 Å². The van der Waals surface area contributed by atoms with E-state index in [1.54, 1.807) is 12.1 Å². The Morgan fingerprint density at radius 3 is 2.45 bits per heavy atom. The summed E-state index contributed by atoms with van der Waals surface area (Å²) in [6.07, 6.45) is -0.754. The molecular formula is C29H31F3N6O2. The third-order valence-corrected chi connectivity index (χ3v) is 7.24. The molecule has 1 aromatic heterocycles. The van der Waals surface area contributed by atoms with Gasteiger partial charge < -0.3 is 25.6 Å².